The molecule has 2 N–H and O–H groups in total. The molecule has 0 aliphatic rings. The zero-order chi connectivity index (χ0) is 14.0. The van der Waals surface area contributed by atoms with Crippen molar-refractivity contribution in [1.29, 1.82) is 0 Å². The molecule has 0 fully saturated rings. The summed E-state index contributed by atoms with van der Waals surface area (Å²) < 4.78 is 38.1. The van der Waals surface area contributed by atoms with Crippen molar-refractivity contribution in [2.24, 2.45) is 0 Å². The monoisotopic (exact) mass is 271 g/mol. The fraction of sp³-hybridized carbons (Fsp3) is 0.333. The lowest BCUT2D eigenvalue weighted by Gasteiger charge is -2.12. The van der Waals surface area contributed by atoms with E-state index >= 15 is 0 Å². The molecule has 0 aliphatic heterocycles. The fourth-order valence-corrected chi connectivity index (χ4v) is 1.68. The van der Waals surface area contributed by atoms with E-state index in [1.54, 1.807) is 12.1 Å². The second-order valence-electron chi connectivity index (χ2n) is 4.06. The minimum absolute atomic E-state index is 0.0788. The molecule has 1 aromatic heterocycles. The molecule has 7 heteroatoms. The zero-order valence-corrected chi connectivity index (χ0v) is 10.1. The molecular formula is C12H12F3N3O. The minimum Gasteiger partial charge on any atom is -0.395 e. The maximum absolute atomic E-state index is 12.7. The molecule has 0 saturated carbocycles. The van der Waals surface area contributed by atoms with Gasteiger partial charge in [-0.15, -0.1) is 0 Å². The third-order valence-corrected chi connectivity index (χ3v) is 2.51. The number of hydrogen-bond acceptors (Lipinski definition) is 4. The number of benzene rings is 1. The third kappa shape index (κ3) is 2.93. The van der Waals surface area contributed by atoms with Gasteiger partial charge < -0.3 is 10.4 Å². The predicted octanol–water partition coefficient (Wildman–Crippen LogP) is 2.36. The van der Waals surface area contributed by atoms with Crippen LogP contribution in [0.4, 0.5) is 19.0 Å². The quantitative estimate of drug-likeness (QED) is 0.899. The molecule has 0 bridgehead atoms. The van der Waals surface area contributed by atoms with Crippen LogP contribution >= 0.6 is 0 Å². The predicted molar refractivity (Wildman–Crippen MR) is 64.9 cm³/mol. The van der Waals surface area contributed by atoms with Crippen molar-refractivity contribution < 1.29 is 18.3 Å². The summed E-state index contributed by atoms with van der Waals surface area (Å²) in [5.41, 5.74) is 1.11. The first-order valence-corrected chi connectivity index (χ1v) is 5.62. The highest BCUT2D eigenvalue weighted by molar-refractivity contribution is 5.89. The molecule has 2 aromatic rings. The van der Waals surface area contributed by atoms with Crippen LogP contribution in [0.15, 0.2) is 18.2 Å². The Labute approximate surface area is 107 Å². The van der Waals surface area contributed by atoms with Crippen molar-refractivity contribution in [2.75, 3.05) is 18.5 Å². The van der Waals surface area contributed by atoms with Gasteiger partial charge in [0.15, 0.2) is 0 Å². The van der Waals surface area contributed by atoms with Gasteiger partial charge in [-0.25, -0.2) is 9.97 Å². The van der Waals surface area contributed by atoms with Crippen LogP contribution in [0.1, 0.15) is 11.4 Å². The second kappa shape index (κ2) is 5.00. The van der Waals surface area contributed by atoms with Crippen LogP contribution in [-0.2, 0) is 6.18 Å². The first kappa shape index (κ1) is 13.5. The van der Waals surface area contributed by atoms with Crippen molar-refractivity contribution in [1.82, 2.24) is 9.97 Å². The van der Waals surface area contributed by atoms with Gasteiger partial charge in [0.05, 0.1) is 12.1 Å². The lowest BCUT2D eigenvalue weighted by Crippen LogP contribution is -2.15. The van der Waals surface area contributed by atoms with E-state index in [0.717, 1.165) is 5.56 Å². The summed E-state index contributed by atoms with van der Waals surface area (Å²) >= 11 is 0. The number of nitrogens with one attached hydrogen (secondary N) is 1. The number of aromatic nitrogens is 2. The largest absolute Gasteiger partial charge is 0.451 e. The maximum Gasteiger partial charge on any atom is 0.451 e. The zero-order valence-electron chi connectivity index (χ0n) is 10.1. The summed E-state index contributed by atoms with van der Waals surface area (Å²) in [6, 6.07) is 4.91. The number of nitrogens with zero attached hydrogens (tertiary/aromatic N) is 2. The molecule has 4 nitrogen and oxygen atoms in total. The van der Waals surface area contributed by atoms with Crippen molar-refractivity contribution in [3.05, 3.63) is 29.6 Å². The van der Waals surface area contributed by atoms with Crippen LogP contribution < -0.4 is 5.32 Å². The van der Waals surface area contributed by atoms with Crippen LogP contribution in [0.2, 0.25) is 0 Å². The van der Waals surface area contributed by atoms with Gasteiger partial charge in [0.1, 0.15) is 5.82 Å². The number of aryl methyl sites for hydroxylation is 1. The van der Waals surface area contributed by atoms with Gasteiger partial charge in [-0.1, -0.05) is 11.6 Å². The second-order valence-corrected chi connectivity index (χ2v) is 4.06. The van der Waals surface area contributed by atoms with Crippen molar-refractivity contribution >= 4 is 16.7 Å². The lowest BCUT2D eigenvalue weighted by molar-refractivity contribution is -0.144. The Morgan fingerprint density at radius 1 is 1.26 bits per heavy atom. The summed E-state index contributed by atoms with van der Waals surface area (Å²) in [5.74, 6) is -1.11. The van der Waals surface area contributed by atoms with Gasteiger partial charge in [0, 0.05) is 11.9 Å². The number of halogens is 3. The van der Waals surface area contributed by atoms with E-state index in [1.165, 1.54) is 6.07 Å². The molecule has 0 atom stereocenters. The Kier molecular flexibility index (Phi) is 3.57. The highest BCUT2D eigenvalue weighted by Crippen LogP contribution is 2.30. The van der Waals surface area contributed by atoms with E-state index in [2.05, 4.69) is 15.3 Å². The van der Waals surface area contributed by atoms with Gasteiger partial charge in [0.2, 0.25) is 5.82 Å². The normalized spacial score (nSPS) is 11.8. The minimum atomic E-state index is -4.60. The highest BCUT2D eigenvalue weighted by atomic mass is 19.4. The van der Waals surface area contributed by atoms with Gasteiger partial charge in [-0.3, -0.25) is 0 Å². The number of hydrogen-bond donors (Lipinski definition) is 2. The van der Waals surface area contributed by atoms with Gasteiger partial charge >= 0.3 is 6.18 Å². The van der Waals surface area contributed by atoms with Crippen molar-refractivity contribution in [2.45, 2.75) is 13.1 Å². The summed E-state index contributed by atoms with van der Waals surface area (Å²) in [6.07, 6.45) is -4.60. The molecule has 0 unspecified atom stereocenters. The SMILES string of the molecule is Cc1ccc2nc(C(F)(F)F)nc(NCCO)c2c1. The van der Waals surface area contributed by atoms with E-state index in [1.807, 2.05) is 6.92 Å². The molecule has 1 heterocycles. The van der Waals surface area contributed by atoms with E-state index in [9.17, 15) is 13.2 Å². The smallest absolute Gasteiger partial charge is 0.395 e. The first-order chi connectivity index (χ1) is 8.91. The Morgan fingerprint density at radius 2 is 2.00 bits per heavy atom. The number of aliphatic hydroxyl groups is 1. The van der Waals surface area contributed by atoms with E-state index < -0.39 is 12.0 Å². The molecular weight excluding hydrogens is 259 g/mol. The molecule has 102 valence electrons. The Morgan fingerprint density at radius 3 is 2.63 bits per heavy atom. The van der Waals surface area contributed by atoms with Crippen LogP contribution in [-0.4, -0.2) is 28.2 Å². The molecule has 19 heavy (non-hydrogen) atoms. The van der Waals surface area contributed by atoms with Crippen LogP contribution in [0, 0.1) is 6.92 Å². The molecule has 0 saturated heterocycles. The van der Waals surface area contributed by atoms with Crippen LogP contribution in [0.5, 0.6) is 0 Å². The number of anilines is 1. The average Bonchev–Trinajstić information content (AvgIpc) is 2.34. The Hall–Kier alpha value is -1.89. The number of fused-ring (bicyclic) bond motifs is 1. The molecule has 0 aliphatic carbocycles. The van der Waals surface area contributed by atoms with E-state index in [0.29, 0.717) is 5.39 Å². The summed E-state index contributed by atoms with van der Waals surface area (Å²) in [5, 5.41) is 11.9. The molecule has 2 rings (SSSR count). The third-order valence-electron chi connectivity index (χ3n) is 2.51. The van der Waals surface area contributed by atoms with Gasteiger partial charge in [-0.05, 0) is 19.1 Å². The number of aliphatic hydroxyl groups excluding tert-OH is 1. The number of rotatable bonds is 3. The van der Waals surface area contributed by atoms with Gasteiger partial charge in [0.25, 0.3) is 0 Å². The van der Waals surface area contributed by atoms with E-state index in [4.69, 9.17) is 5.11 Å². The lowest BCUT2D eigenvalue weighted by atomic mass is 10.1. The van der Waals surface area contributed by atoms with Crippen molar-refractivity contribution in [3.63, 3.8) is 0 Å². The maximum atomic E-state index is 12.7. The van der Waals surface area contributed by atoms with Gasteiger partial charge in [-0.2, -0.15) is 13.2 Å². The first-order valence-electron chi connectivity index (χ1n) is 5.62. The fourth-order valence-electron chi connectivity index (χ4n) is 1.68. The van der Waals surface area contributed by atoms with E-state index in [-0.39, 0.29) is 24.5 Å². The number of alkyl halides is 3. The summed E-state index contributed by atoms with van der Waals surface area (Å²) in [6.45, 7) is 1.75. The molecule has 0 radical (unpaired) electrons. The van der Waals surface area contributed by atoms with Crippen LogP contribution in [0.3, 0.4) is 0 Å². The standard InChI is InChI=1S/C12H12F3N3O/c1-7-2-3-9-8(6-7)10(16-4-5-19)18-11(17-9)12(13,14)15/h2-3,6,19H,4-5H2,1H3,(H,16,17,18). The molecule has 0 spiro atoms. The summed E-state index contributed by atoms with van der Waals surface area (Å²) in [4.78, 5) is 7.01. The molecule has 0 amide bonds. The Balaban J connectivity index is 2.62. The Bertz CT molecular complexity index is 599. The van der Waals surface area contributed by atoms with Crippen LogP contribution in [0.25, 0.3) is 10.9 Å². The molecule has 1 aromatic carbocycles. The topological polar surface area (TPSA) is 58.0 Å². The average molecular weight is 271 g/mol. The highest BCUT2D eigenvalue weighted by Gasteiger charge is 2.35. The van der Waals surface area contributed by atoms with Crippen molar-refractivity contribution in [3.8, 4) is 0 Å². The summed E-state index contributed by atoms with van der Waals surface area (Å²) in [7, 11) is 0.